The van der Waals surface area contributed by atoms with Crippen molar-refractivity contribution in [1.29, 1.82) is 0 Å². The van der Waals surface area contributed by atoms with E-state index in [2.05, 4.69) is 5.43 Å². The molecular formula is C14H18F2N2O. The highest BCUT2D eigenvalue weighted by atomic mass is 19.2. The summed E-state index contributed by atoms with van der Waals surface area (Å²) in [6.07, 6.45) is 4.41. The molecule has 3 N–H and O–H groups in total. The van der Waals surface area contributed by atoms with Gasteiger partial charge in [0.25, 0.3) is 0 Å². The number of rotatable bonds is 4. The smallest absolute Gasteiger partial charge is 0.159 e. The number of hydrogen-bond donors (Lipinski definition) is 2. The number of hydrogen-bond acceptors (Lipinski definition) is 3. The minimum Gasteiger partial charge on any atom is -0.375 e. The van der Waals surface area contributed by atoms with E-state index >= 15 is 0 Å². The first-order chi connectivity index (χ1) is 9.17. The Morgan fingerprint density at radius 1 is 1.32 bits per heavy atom. The van der Waals surface area contributed by atoms with Crippen molar-refractivity contribution in [2.75, 3.05) is 0 Å². The number of halogens is 2. The summed E-state index contributed by atoms with van der Waals surface area (Å²) in [5, 5.41) is 0. The Morgan fingerprint density at radius 2 is 2.16 bits per heavy atom. The Labute approximate surface area is 111 Å². The molecule has 0 aromatic heterocycles. The molecule has 2 heterocycles. The summed E-state index contributed by atoms with van der Waals surface area (Å²) >= 11 is 0. The van der Waals surface area contributed by atoms with E-state index < -0.39 is 11.6 Å². The third-order valence-electron chi connectivity index (χ3n) is 4.32. The summed E-state index contributed by atoms with van der Waals surface area (Å²) in [6.45, 7) is 0. The van der Waals surface area contributed by atoms with Crippen LogP contribution in [-0.2, 0) is 11.2 Å². The van der Waals surface area contributed by atoms with Crippen LogP contribution in [0.2, 0.25) is 0 Å². The van der Waals surface area contributed by atoms with Gasteiger partial charge in [-0.1, -0.05) is 6.07 Å². The van der Waals surface area contributed by atoms with Gasteiger partial charge in [-0.2, -0.15) is 0 Å². The second-order valence-electron chi connectivity index (χ2n) is 5.50. The molecule has 4 atom stereocenters. The Balaban J connectivity index is 1.71. The van der Waals surface area contributed by atoms with E-state index in [9.17, 15) is 8.78 Å². The van der Waals surface area contributed by atoms with Crippen molar-refractivity contribution in [3.05, 3.63) is 35.4 Å². The first kappa shape index (κ1) is 13.0. The molecule has 2 fully saturated rings. The first-order valence-electron chi connectivity index (χ1n) is 6.73. The third kappa shape index (κ3) is 2.50. The van der Waals surface area contributed by atoms with E-state index in [0.717, 1.165) is 30.9 Å². The molecular weight excluding hydrogens is 250 g/mol. The SMILES string of the molecule is NNC(Cc1ccc(F)c(F)c1)C1CC2CCC1O2. The quantitative estimate of drug-likeness (QED) is 0.648. The van der Waals surface area contributed by atoms with Crippen LogP contribution in [0.5, 0.6) is 0 Å². The first-order valence-corrected chi connectivity index (χ1v) is 6.73. The molecule has 2 saturated heterocycles. The molecule has 0 amide bonds. The molecule has 0 aliphatic carbocycles. The largest absolute Gasteiger partial charge is 0.375 e. The Bertz CT molecular complexity index is 469. The zero-order valence-corrected chi connectivity index (χ0v) is 10.6. The lowest BCUT2D eigenvalue weighted by Gasteiger charge is -2.28. The van der Waals surface area contributed by atoms with Gasteiger partial charge in [-0.05, 0) is 43.4 Å². The van der Waals surface area contributed by atoms with Crippen molar-refractivity contribution in [2.45, 2.75) is 43.9 Å². The molecule has 104 valence electrons. The van der Waals surface area contributed by atoms with Crippen LogP contribution < -0.4 is 11.3 Å². The standard InChI is InChI=1S/C14H18F2N2O/c15-11-3-1-8(5-12(11)16)6-13(18-17)10-7-9-2-4-14(10)19-9/h1,3,5,9-10,13-14,18H,2,4,6-7,17H2. The van der Waals surface area contributed by atoms with E-state index in [1.54, 1.807) is 6.07 Å². The molecule has 19 heavy (non-hydrogen) atoms. The van der Waals surface area contributed by atoms with Crippen LogP contribution >= 0.6 is 0 Å². The fraction of sp³-hybridized carbons (Fsp3) is 0.571. The Hall–Kier alpha value is -1.04. The maximum Gasteiger partial charge on any atom is 0.159 e. The normalized spacial score (nSPS) is 30.8. The van der Waals surface area contributed by atoms with Gasteiger partial charge in [-0.15, -0.1) is 0 Å². The van der Waals surface area contributed by atoms with Crippen LogP contribution in [0.4, 0.5) is 8.78 Å². The highest BCUT2D eigenvalue weighted by molar-refractivity contribution is 5.19. The van der Waals surface area contributed by atoms with Crippen molar-refractivity contribution >= 4 is 0 Å². The zero-order valence-electron chi connectivity index (χ0n) is 10.6. The van der Waals surface area contributed by atoms with Crippen LogP contribution in [-0.4, -0.2) is 18.2 Å². The van der Waals surface area contributed by atoms with Crippen molar-refractivity contribution in [3.8, 4) is 0 Å². The lowest BCUT2D eigenvalue weighted by molar-refractivity contribution is 0.0857. The predicted octanol–water partition coefficient (Wildman–Crippen LogP) is 1.91. The summed E-state index contributed by atoms with van der Waals surface area (Å²) in [7, 11) is 0. The van der Waals surface area contributed by atoms with E-state index in [1.807, 2.05) is 0 Å². The summed E-state index contributed by atoms with van der Waals surface area (Å²) in [6, 6.07) is 4.06. The number of nitrogens with one attached hydrogen (secondary N) is 1. The second kappa shape index (κ2) is 5.15. The Kier molecular flexibility index (Phi) is 3.52. The number of fused-ring (bicyclic) bond motifs is 2. The van der Waals surface area contributed by atoms with Gasteiger partial charge in [-0.25, -0.2) is 8.78 Å². The summed E-state index contributed by atoms with van der Waals surface area (Å²) in [4.78, 5) is 0. The van der Waals surface area contributed by atoms with Crippen LogP contribution in [0.3, 0.4) is 0 Å². The van der Waals surface area contributed by atoms with Crippen LogP contribution in [0.25, 0.3) is 0 Å². The van der Waals surface area contributed by atoms with Gasteiger partial charge < -0.3 is 4.74 Å². The molecule has 0 saturated carbocycles. The molecule has 4 unspecified atom stereocenters. The average molecular weight is 268 g/mol. The second-order valence-corrected chi connectivity index (χ2v) is 5.50. The molecule has 0 spiro atoms. The van der Waals surface area contributed by atoms with Gasteiger partial charge in [0.1, 0.15) is 0 Å². The topological polar surface area (TPSA) is 47.3 Å². The van der Waals surface area contributed by atoms with Crippen molar-refractivity contribution in [2.24, 2.45) is 11.8 Å². The average Bonchev–Trinajstić information content (AvgIpc) is 3.02. The molecule has 2 bridgehead atoms. The van der Waals surface area contributed by atoms with Crippen LogP contribution in [0, 0.1) is 17.6 Å². The molecule has 2 aliphatic rings. The number of nitrogens with two attached hydrogens (primary N) is 1. The van der Waals surface area contributed by atoms with Gasteiger partial charge in [-0.3, -0.25) is 11.3 Å². The maximum atomic E-state index is 13.2. The third-order valence-corrected chi connectivity index (χ3v) is 4.32. The zero-order chi connectivity index (χ0) is 13.4. The van der Waals surface area contributed by atoms with Crippen molar-refractivity contribution in [1.82, 2.24) is 5.43 Å². The molecule has 0 radical (unpaired) electrons. The fourth-order valence-corrected chi connectivity index (χ4v) is 3.35. The Morgan fingerprint density at radius 3 is 2.74 bits per heavy atom. The number of ether oxygens (including phenoxy) is 1. The van der Waals surface area contributed by atoms with E-state index in [1.165, 1.54) is 6.07 Å². The lowest BCUT2D eigenvalue weighted by atomic mass is 9.82. The summed E-state index contributed by atoms with van der Waals surface area (Å²) in [5.41, 5.74) is 3.57. The number of hydrazine groups is 1. The predicted molar refractivity (Wildman–Crippen MR) is 67.2 cm³/mol. The molecule has 1 aromatic carbocycles. The number of benzene rings is 1. The molecule has 5 heteroatoms. The maximum absolute atomic E-state index is 13.2. The van der Waals surface area contributed by atoms with E-state index in [4.69, 9.17) is 10.6 Å². The molecule has 2 aliphatic heterocycles. The molecule has 1 aromatic rings. The molecule has 3 nitrogen and oxygen atoms in total. The highest BCUT2D eigenvalue weighted by Crippen LogP contribution is 2.40. The highest BCUT2D eigenvalue weighted by Gasteiger charge is 2.44. The fourth-order valence-electron chi connectivity index (χ4n) is 3.35. The van der Waals surface area contributed by atoms with Gasteiger partial charge in [0.05, 0.1) is 12.2 Å². The van der Waals surface area contributed by atoms with E-state index in [-0.39, 0.29) is 12.1 Å². The van der Waals surface area contributed by atoms with Crippen LogP contribution in [0.1, 0.15) is 24.8 Å². The van der Waals surface area contributed by atoms with Gasteiger partial charge in [0.15, 0.2) is 11.6 Å². The minimum atomic E-state index is -0.815. The van der Waals surface area contributed by atoms with Gasteiger partial charge >= 0.3 is 0 Å². The van der Waals surface area contributed by atoms with Crippen molar-refractivity contribution in [3.63, 3.8) is 0 Å². The summed E-state index contributed by atoms with van der Waals surface area (Å²) < 4.78 is 31.9. The monoisotopic (exact) mass is 268 g/mol. The minimum absolute atomic E-state index is 0.0418. The van der Waals surface area contributed by atoms with Gasteiger partial charge in [0.2, 0.25) is 0 Å². The van der Waals surface area contributed by atoms with Crippen molar-refractivity contribution < 1.29 is 13.5 Å². The van der Waals surface area contributed by atoms with Crippen LogP contribution in [0.15, 0.2) is 18.2 Å². The molecule has 3 rings (SSSR count). The summed E-state index contributed by atoms with van der Waals surface area (Å²) in [5.74, 6) is 4.36. The van der Waals surface area contributed by atoms with Gasteiger partial charge in [0, 0.05) is 12.0 Å². The lowest BCUT2D eigenvalue weighted by Crippen LogP contribution is -2.45. The van der Waals surface area contributed by atoms with E-state index in [0.29, 0.717) is 18.4 Å².